The van der Waals surface area contributed by atoms with Crippen LogP contribution in [0.5, 0.6) is 0 Å². The normalized spacial score (nSPS) is 10.4. The van der Waals surface area contributed by atoms with E-state index in [1.54, 1.807) is 0 Å². The molecular formula is C10H8ClN5O4S. The van der Waals surface area contributed by atoms with Gasteiger partial charge < -0.3 is 4.74 Å². The van der Waals surface area contributed by atoms with Crippen molar-refractivity contribution in [2.45, 2.75) is 16.6 Å². The van der Waals surface area contributed by atoms with Crippen LogP contribution in [0, 0.1) is 10.1 Å². The van der Waals surface area contributed by atoms with Crippen LogP contribution < -0.4 is 0 Å². The second kappa shape index (κ2) is 6.50. The Bertz CT molecular complexity index is 692. The van der Waals surface area contributed by atoms with Crippen LogP contribution in [0.1, 0.15) is 0 Å². The lowest BCUT2D eigenvalue weighted by Crippen LogP contribution is -2.13. The number of benzene rings is 1. The third-order valence-electron chi connectivity index (χ3n) is 2.32. The summed E-state index contributed by atoms with van der Waals surface area (Å²) in [5, 5.41) is 22.3. The Labute approximate surface area is 127 Å². The van der Waals surface area contributed by atoms with Crippen molar-refractivity contribution < 1.29 is 14.5 Å². The van der Waals surface area contributed by atoms with Crippen LogP contribution in [0.4, 0.5) is 5.69 Å². The molecule has 110 valence electrons. The third-order valence-corrected chi connectivity index (χ3v) is 3.60. The smallest absolute Gasteiger partial charge is 0.327 e. The van der Waals surface area contributed by atoms with E-state index in [0.29, 0.717) is 4.90 Å². The molecule has 0 spiro atoms. The van der Waals surface area contributed by atoms with E-state index in [2.05, 4.69) is 20.3 Å². The Kier molecular flexibility index (Phi) is 4.70. The Balaban J connectivity index is 2.29. The predicted octanol–water partition coefficient (Wildman–Crippen LogP) is 1.56. The summed E-state index contributed by atoms with van der Waals surface area (Å²) >= 11 is 6.70. The number of carbonyl (C=O) groups excluding carboxylic acids is 1. The highest BCUT2D eigenvalue weighted by Gasteiger charge is 2.19. The quantitative estimate of drug-likeness (QED) is 0.461. The average Bonchev–Trinajstić information content (AvgIpc) is 2.87. The van der Waals surface area contributed by atoms with E-state index in [0.717, 1.165) is 11.8 Å². The number of hydrogen-bond acceptors (Lipinski definition) is 8. The summed E-state index contributed by atoms with van der Waals surface area (Å²) in [6.45, 7) is -0.187. The maximum absolute atomic E-state index is 11.2. The number of esters is 1. The molecule has 0 amide bonds. The van der Waals surface area contributed by atoms with Crippen molar-refractivity contribution in [3.63, 3.8) is 0 Å². The van der Waals surface area contributed by atoms with Gasteiger partial charge in [-0.05, 0) is 34.3 Å². The molecule has 0 aliphatic rings. The summed E-state index contributed by atoms with van der Waals surface area (Å²) in [5.74, 6) is -0.533. The average molecular weight is 330 g/mol. The lowest BCUT2D eigenvalue weighted by Gasteiger charge is -2.04. The minimum absolute atomic E-state index is 0.167. The molecule has 0 N–H and O–H groups in total. The molecule has 9 nitrogen and oxygen atoms in total. The van der Waals surface area contributed by atoms with Crippen molar-refractivity contribution in [2.24, 2.45) is 0 Å². The van der Waals surface area contributed by atoms with Gasteiger partial charge in [0.15, 0.2) is 0 Å². The standard InChI is InChI=1S/C10H8ClN5O4S/c1-20-9(17)5-15-10(12-13-14-15)21-8-3-2-6(11)4-7(8)16(18)19/h2-4H,5H2,1H3. The number of nitro groups is 1. The van der Waals surface area contributed by atoms with Crippen LogP contribution in [-0.4, -0.2) is 38.2 Å². The summed E-state index contributed by atoms with van der Waals surface area (Å²) in [6, 6.07) is 4.24. The SMILES string of the molecule is COC(=O)Cn1nnnc1Sc1ccc(Cl)cc1[N+](=O)[O-]. The fourth-order valence-corrected chi connectivity index (χ4v) is 2.39. The van der Waals surface area contributed by atoms with E-state index < -0.39 is 10.9 Å². The van der Waals surface area contributed by atoms with Gasteiger partial charge in [0.1, 0.15) is 6.54 Å². The zero-order chi connectivity index (χ0) is 15.4. The van der Waals surface area contributed by atoms with Gasteiger partial charge in [0, 0.05) is 11.1 Å². The van der Waals surface area contributed by atoms with Crippen molar-refractivity contribution in [2.75, 3.05) is 7.11 Å². The molecule has 1 aromatic heterocycles. The first kappa shape index (κ1) is 15.2. The number of ether oxygens (including phenoxy) is 1. The second-order valence-corrected chi connectivity index (χ2v) is 5.11. The number of aromatic nitrogens is 4. The van der Waals surface area contributed by atoms with E-state index >= 15 is 0 Å². The van der Waals surface area contributed by atoms with E-state index in [-0.39, 0.29) is 22.4 Å². The molecule has 0 unspecified atom stereocenters. The highest BCUT2D eigenvalue weighted by molar-refractivity contribution is 7.99. The number of hydrogen-bond donors (Lipinski definition) is 0. The molecule has 0 radical (unpaired) electrons. The number of carbonyl (C=O) groups is 1. The van der Waals surface area contributed by atoms with E-state index in [4.69, 9.17) is 11.6 Å². The van der Waals surface area contributed by atoms with Crippen LogP contribution in [0.15, 0.2) is 28.3 Å². The number of rotatable bonds is 5. The first-order chi connectivity index (χ1) is 10.0. The van der Waals surface area contributed by atoms with Gasteiger partial charge in [-0.2, -0.15) is 0 Å². The summed E-state index contributed by atoms with van der Waals surface area (Å²) in [6.07, 6.45) is 0. The largest absolute Gasteiger partial charge is 0.468 e. The molecule has 1 aromatic carbocycles. The molecule has 0 aliphatic heterocycles. The monoisotopic (exact) mass is 329 g/mol. The summed E-state index contributed by atoms with van der Waals surface area (Å²) in [7, 11) is 1.24. The van der Waals surface area contributed by atoms with Gasteiger partial charge in [-0.15, -0.1) is 5.10 Å². The molecular weight excluding hydrogens is 322 g/mol. The van der Waals surface area contributed by atoms with E-state index in [1.807, 2.05) is 0 Å². The fourth-order valence-electron chi connectivity index (χ4n) is 1.37. The number of methoxy groups -OCH3 is 1. The fraction of sp³-hybridized carbons (Fsp3) is 0.200. The lowest BCUT2D eigenvalue weighted by molar-refractivity contribution is -0.387. The van der Waals surface area contributed by atoms with Gasteiger partial charge in [-0.1, -0.05) is 11.6 Å². The molecule has 2 aromatic rings. The Morgan fingerprint density at radius 2 is 2.33 bits per heavy atom. The first-order valence-corrected chi connectivity index (χ1v) is 6.65. The molecule has 1 heterocycles. The van der Waals surface area contributed by atoms with Crippen LogP contribution in [0.25, 0.3) is 0 Å². The van der Waals surface area contributed by atoms with Gasteiger partial charge in [0.2, 0.25) is 5.16 Å². The van der Waals surface area contributed by atoms with Crippen molar-refractivity contribution in [1.29, 1.82) is 0 Å². The summed E-state index contributed by atoms with van der Waals surface area (Å²) in [5.41, 5.74) is -0.167. The van der Waals surface area contributed by atoms with E-state index in [1.165, 1.54) is 30.0 Å². The maximum Gasteiger partial charge on any atom is 0.327 e. The molecule has 0 saturated heterocycles. The van der Waals surface area contributed by atoms with Crippen molar-refractivity contribution in [3.8, 4) is 0 Å². The number of halogens is 1. The summed E-state index contributed by atoms with van der Waals surface area (Å²) in [4.78, 5) is 22.0. The van der Waals surface area contributed by atoms with Crippen LogP contribution in [-0.2, 0) is 16.1 Å². The molecule has 2 rings (SSSR count). The Hall–Kier alpha value is -2.20. The third kappa shape index (κ3) is 3.67. The Morgan fingerprint density at radius 1 is 1.57 bits per heavy atom. The molecule has 0 aliphatic carbocycles. The maximum atomic E-state index is 11.2. The second-order valence-electron chi connectivity index (χ2n) is 3.67. The van der Waals surface area contributed by atoms with Gasteiger partial charge >= 0.3 is 5.97 Å². The molecule has 0 bridgehead atoms. The molecule has 21 heavy (non-hydrogen) atoms. The van der Waals surface area contributed by atoms with Crippen molar-refractivity contribution >= 4 is 35.0 Å². The van der Waals surface area contributed by atoms with Crippen LogP contribution >= 0.6 is 23.4 Å². The van der Waals surface area contributed by atoms with Gasteiger partial charge in [-0.25, -0.2) is 4.68 Å². The number of nitro benzene ring substituents is 1. The van der Waals surface area contributed by atoms with Crippen molar-refractivity contribution in [1.82, 2.24) is 20.2 Å². The van der Waals surface area contributed by atoms with Crippen LogP contribution in [0.3, 0.4) is 0 Å². The molecule has 0 atom stereocenters. The Morgan fingerprint density at radius 3 is 3.00 bits per heavy atom. The van der Waals surface area contributed by atoms with E-state index in [9.17, 15) is 14.9 Å². The zero-order valence-corrected chi connectivity index (χ0v) is 12.2. The molecule has 0 fully saturated rings. The minimum Gasteiger partial charge on any atom is -0.468 e. The zero-order valence-electron chi connectivity index (χ0n) is 10.6. The molecule has 11 heteroatoms. The highest BCUT2D eigenvalue weighted by atomic mass is 35.5. The number of nitrogens with zero attached hydrogens (tertiary/aromatic N) is 5. The predicted molar refractivity (Wildman–Crippen MR) is 72.1 cm³/mol. The van der Waals surface area contributed by atoms with Crippen molar-refractivity contribution in [3.05, 3.63) is 33.3 Å². The first-order valence-electron chi connectivity index (χ1n) is 5.46. The van der Waals surface area contributed by atoms with Gasteiger partial charge in [0.05, 0.1) is 16.9 Å². The number of tetrazole rings is 1. The van der Waals surface area contributed by atoms with Gasteiger partial charge in [-0.3, -0.25) is 14.9 Å². The topological polar surface area (TPSA) is 113 Å². The minimum atomic E-state index is -0.553. The summed E-state index contributed by atoms with van der Waals surface area (Å²) < 4.78 is 5.71. The highest BCUT2D eigenvalue weighted by Crippen LogP contribution is 2.35. The van der Waals surface area contributed by atoms with Crippen LogP contribution in [0.2, 0.25) is 5.02 Å². The molecule has 0 saturated carbocycles. The van der Waals surface area contributed by atoms with Gasteiger partial charge in [0.25, 0.3) is 5.69 Å². The lowest BCUT2D eigenvalue weighted by atomic mass is 10.3.